The predicted molar refractivity (Wildman–Crippen MR) is 115 cm³/mol. The van der Waals surface area contributed by atoms with E-state index in [9.17, 15) is 9.18 Å². The zero-order chi connectivity index (χ0) is 21.3. The fraction of sp³-hybridized carbons (Fsp3) is 0.458. The molecule has 1 N–H and O–H groups in total. The van der Waals surface area contributed by atoms with Crippen LogP contribution in [0.3, 0.4) is 0 Å². The van der Waals surface area contributed by atoms with Gasteiger partial charge in [-0.05, 0) is 56.1 Å². The number of hydrogen-bond donors (Lipinski definition) is 1. The highest BCUT2D eigenvalue weighted by molar-refractivity contribution is 5.76. The molecule has 0 radical (unpaired) electrons. The predicted octanol–water partition coefficient (Wildman–Crippen LogP) is 4.12. The molecule has 0 spiro atoms. The molecule has 1 amide bonds. The van der Waals surface area contributed by atoms with Crippen molar-refractivity contribution in [1.82, 2.24) is 10.2 Å². The molecule has 0 aliphatic carbocycles. The Morgan fingerprint density at radius 2 is 1.80 bits per heavy atom. The molecule has 0 aromatic heterocycles. The highest BCUT2D eigenvalue weighted by Crippen LogP contribution is 2.31. The first-order valence-electron chi connectivity index (χ1n) is 10.6. The zero-order valence-corrected chi connectivity index (χ0v) is 17.8. The van der Waals surface area contributed by atoms with Gasteiger partial charge in [-0.1, -0.05) is 30.7 Å². The first-order valence-corrected chi connectivity index (χ1v) is 10.6. The van der Waals surface area contributed by atoms with Crippen molar-refractivity contribution in [3.8, 4) is 11.5 Å². The monoisotopic (exact) mass is 414 g/mol. The molecule has 1 fully saturated rings. The molecule has 0 bridgehead atoms. The molecule has 1 unspecified atom stereocenters. The fourth-order valence-corrected chi connectivity index (χ4v) is 4.03. The number of benzene rings is 2. The minimum absolute atomic E-state index is 0.0388. The van der Waals surface area contributed by atoms with Crippen LogP contribution in [0.15, 0.2) is 42.5 Å². The van der Waals surface area contributed by atoms with E-state index in [0.717, 1.165) is 30.0 Å². The summed E-state index contributed by atoms with van der Waals surface area (Å²) in [7, 11) is 3.12. The van der Waals surface area contributed by atoms with Crippen LogP contribution in [0.1, 0.15) is 42.9 Å². The molecular formula is C24H31FN2O3. The van der Waals surface area contributed by atoms with Gasteiger partial charge >= 0.3 is 0 Å². The maximum Gasteiger partial charge on any atom is 0.220 e. The molecule has 3 rings (SSSR count). The summed E-state index contributed by atoms with van der Waals surface area (Å²) in [4.78, 5) is 14.9. The van der Waals surface area contributed by atoms with Crippen molar-refractivity contribution in [3.05, 3.63) is 59.4 Å². The van der Waals surface area contributed by atoms with Gasteiger partial charge in [0.1, 0.15) is 5.75 Å². The molecular weight excluding hydrogens is 383 g/mol. The molecule has 2 aromatic carbocycles. The van der Waals surface area contributed by atoms with E-state index in [1.165, 1.54) is 32.4 Å². The van der Waals surface area contributed by atoms with Crippen molar-refractivity contribution in [3.63, 3.8) is 0 Å². The second-order valence-electron chi connectivity index (χ2n) is 7.63. The maximum atomic E-state index is 13.9. The van der Waals surface area contributed by atoms with E-state index in [1.54, 1.807) is 19.2 Å². The average Bonchev–Trinajstić information content (AvgIpc) is 2.79. The van der Waals surface area contributed by atoms with Gasteiger partial charge in [-0.15, -0.1) is 0 Å². The van der Waals surface area contributed by atoms with Crippen molar-refractivity contribution in [2.45, 2.75) is 38.1 Å². The highest BCUT2D eigenvalue weighted by atomic mass is 19.1. The molecule has 1 aliphatic rings. The van der Waals surface area contributed by atoms with Gasteiger partial charge in [-0.25, -0.2) is 4.39 Å². The Bertz CT molecular complexity index is 837. The van der Waals surface area contributed by atoms with Crippen molar-refractivity contribution in [1.29, 1.82) is 0 Å². The number of para-hydroxylation sites is 1. The number of nitrogens with one attached hydrogen (secondary N) is 1. The topological polar surface area (TPSA) is 50.8 Å². The summed E-state index contributed by atoms with van der Waals surface area (Å²) >= 11 is 0. The Labute approximate surface area is 178 Å². The number of carbonyl (C=O) groups excluding carboxylic acids is 1. The number of amides is 1. The van der Waals surface area contributed by atoms with Gasteiger partial charge in [0.15, 0.2) is 11.6 Å². The first kappa shape index (κ1) is 22.1. The molecule has 1 heterocycles. The number of aryl methyl sites for hydroxylation is 1. The molecule has 0 saturated carbocycles. The van der Waals surface area contributed by atoms with Gasteiger partial charge in [-0.3, -0.25) is 9.69 Å². The number of piperidine rings is 1. The third kappa shape index (κ3) is 5.72. The minimum Gasteiger partial charge on any atom is -0.496 e. The number of rotatable bonds is 9. The van der Waals surface area contributed by atoms with Gasteiger partial charge in [0, 0.05) is 18.5 Å². The second-order valence-corrected chi connectivity index (χ2v) is 7.63. The van der Waals surface area contributed by atoms with Crippen LogP contribution in [0, 0.1) is 5.82 Å². The van der Waals surface area contributed by atoms with E-state index in [-0.39, 0.29) is 17.7 Å². The zero-order valence-electron chi connectivity index (χ0n) is 17.8. The molecule has 5 nitrogen and oxygen atoms in total. The lowest BCUT2D eigenvalue weighted by Gasteiger charge is -2.35. The van der Waals surface area contributed by atoms with Crippen molar-refractivity contribution in [2.75, 3.05) is 33.9 Å². The minimum atomic E-state index is -0.406. The lowest BCUT2D eigenvalue weighted by Crippen LogP contribution is -2.40. The van der Waals surface area contributed by atoms with E-state index < -0.39 is 5.82 Å². The number of halogens is 1. The van der Waals surface area contributed by atoms with Crippen molar-refractivity contribution >= 4 is 5.91 Å². The summed E-state index contributed by atoms with van der Waals surface area (Å²) in [5.41, 5.74) is 1.88. The SMILES string of the molecule is COc1ccc(CCC(=O)NCC(c2ccccc2OC)N2CCCCC2)cc1F. The summed E-state index contributed by atoms with van der Waals surface area (Å²) in [6, 6.07) is 12.9. The van der Waals surface area contributed by atoms with Crippen LogP contribution >= 0.6 is 0 Å². The number of ether oxygens (including phenoxy) is 2. The number of nitrogens with zero attached hydrogens (tertiary/aromatic N) is 1. The Morgan fingerprint density at radius 1 is 1.07 bits per heavy atom. The maximum absolute atomic E-state index is 13.9. The molecule has 6 heteroatoms. The van der Waals surface area contributed by atoms with Crippen LogP contribution < -0.4 is 14.8 Å². The normalized spacial score (nSPS) is 15.4. The van der Waals surface area contributed by atoms with E-state index in [4.69, 9.17) is 9.47 Å². The number of likely N-dealkylation sites (tertiary alicyclic amines) is 1. The summed E-state index contributed by atoms with van der Waals surface area (Å²) in [6.07, 6.45) is 4.38. The number of hydrogen-bond acceptors (Lipinski definition) is 4. The average molecular weight is 415 g/mol. The van der Waals surface area contributed by atoms with Gasteiger partial charge in [0.2, 0.25) is 5.91 Å². The van der Waals surface area contributed by atoms with Gasteiger partial charge in [0.05, 0.1) is 20.3 Å². The smallest absolute Gasteiger partial charge is 0.220 e. The Balaban J connectivity index is 1.62. The summed E-state index contributed by atoms with van der Waals surface area (Å²) in [5, 5.41) is 3.08. The fourth-order valence-electron chi connectivity index (χ4n) is 4.03. The first-order chi connectivity index (χ1) is 14.6. The van der Waals surface area contributed by atoms with E-state index in [0.29, 0.717) is 19.4 Å². The van der Waals surface area contributed by atoms with Gasteiger partial charge in [0.25, 0.3) is 0 Å². The molecule has 1 aliphatic heterocycles. The Hall–Kier alpha value is -2.60. The highest BCUT2D eigenvalue weighted by Gasteiger charge is 2.25. The number of carbonyl (C=O) groups is 1. The third-order valence-electron chi connectivity index (χ3n) is 5.68. The second kappa shape index (κ2) is 11.0. The standard InChI is InChI=1S/C24H31FN2O3/c1-29-22-9-5-4-8-19(22)21(27-14-6-3-7-15-27)17-26-24(28)13-11-18-10-12-23(30-2)20(25)16-18/h4-5,8-10,12,16,21H,3,6-7,11,13-15,17H2,1-2H3,(H,26,28). The molecule has 30 heavy (non-hydrogen) atoms. The van der Waals surface area contributed by atoms with Crippen LogP contribution in [-0.4, -0.2) is 44.7 Å². The Morgan fingerprint density at radius 3 is 2.50 bits per heavy atom. The third-order valence-corrected chi connectivity index (χ3v) is 5.68. The van der Waals surface area contributed by atoms with Crippen LogP contribution in [0.25, 0.3) is 0 Å². The van der Waals surface area contributed by atoms with Crippen molar-refractivity contribution < 1.29 is 18.7 Å². The summed E-state index contributed by atoms with van der Waals surface area (Å²) in [6.45, 7) is 2.56. The Kier molecular flexibility index (Phi) is 8.08. The van der Waals surface area contributed by atoms with Crippen LogP contribution in [0.2, 0.25) is 0 Å². The van der Waals surface area contributed by atoms with Crippen LogP contribution in [0.5, 0.6) is 11.5 Å². The molecule has 2 aromatic rings. The van der Waals surface area contributed by atoms with Crippen LogP contribution in [-0.2, 0) is 11.2 Å². The van der Waals surface area contributed by atoms with Gasteiger partial charge < -0.3 is 14.8 Å². The molecule has 1 atom stereocenters. The number of methoxy groups -OCH3 is 2. The lowest BCUT2D eigenvalue weighted by molar-refractivity contribution is -0.121. The van der Waals surface area contributed by atoms with Crippen molar-refractivity contribution in [2.24, 2.45) is 0 Å². The summed E-state index contributed by atoms with van der Waals surface area (Å²) in [5.74, 6) is 0.611. The molecule has 1 saturated heterocycles. The lowest BCUT2D eigenvalue weighted by atomic mass is 10.0. The van der Waals surface area contributed by atoms with E-state index >= 15 is 0 Å². The van der Waals surface area contributed by atoms with E-state index in [1.807, 2.05) is 18.2 Å². The summed E-state index contributed by atoms with van der Waals surface area (Å²) < 4.78 is 24.4. The quantitative estimate of drug-likeness (QED) is 0.671. The molecule has 162 valence electrons. The van der Waals surface area contributed by atoms with E-state index in [2.05, 4.69) is 16.3 Å². The van der Waals surface area contributed by atoms with Gasteiger partial charge in [-0.2, -0.15) is 0 Å². The van der Waals surface area contributed by atoms with Crippen LogP contribution in [0.4, 0.5) is 4.39 Å². The largest absolute Gasteiger partial charge is 0.496 e.